The monoisotopic (exact) mass is 606 g/mol. The van der Waals surface area contributed by atoms with Crippen molar-refractivity contribution in [2.75, 3.05) is 24.2 Å². The Labute approximate surface area is 253 Å². The number of amides is 2. The van der Waals surface area contributed by atoms with Gasteiger partial charge in [-0.1, -0.05) is 96.0 Å². The first-order valence-electron chi connectivity index (χ1n) is 12.9. The molecule has 0 bridgehead atoms. The maximum Gasteiger partial charge on any atom is 0.339 e. The Hall–Kier alpha value is -3.78. The molecule has 0 heterocycles. The number of nitrogens with one attached hydrogen (secondary N) is 1. The van der Waals surface area contributed by atoms with Gasteiger partial charge in [0.05, 0.1) is 11.3 Å². The molecular formula is C32H28Cl2N2O4S. The summed E-state index contributed by atoms with van der Waals surface area (Å²) >= 11 is 13.2. The second-order valence-electron chi connectivity index (χ2n) is 9.10. The van der Waals surface area contributed by atoms with Gasteiger partial charge in [0, 0.05) is 33.7 Å². The average Bonchev–Trinajstić information content (AvgIpc) is 2.97. The van der Waals surface area contributed by atoms with Gasteiger partial charge in [0.2, 0.25) is 5.91 Å². The van der Waals surface area contributed by atoms with Crippen LogP contribution in [0.15, 0.2) is 108 Å². The number of thioether (sulfide) groups is 1. The molecule has 6 nitrogen and oxygen atoms in total. The van der Waals surface area contributed by atoms with E-state index in [1.54, 1.807) is 47.4 Å². The van der Waals surface area contributed by atoms with E-state index < -0.39 is 12.6 Å². The number of hydrogen-bond acceptors (Lipinski definition) is 5. The van der Waals surface area contributed by atoms with E-state index in [1.165, 1.54) is 11.8 Å². The number of nitrogens with zero attached hydrogens (tertiary/aromatic N) is 1. The van der Waals surface area contributed by atoms with Gasteiger partial charge < -0.3 is 15.0 Å². The molecule has 0 radical (unpaired) electrons. The van der Waals surface area contributed by atoms with E-state index in [9.17, 15) is 14.4 Å². The third-order valence-electron chi connectivity index (χ3n) is 6.02. The molecule has 0 aliphatic rings. The Morgan fingerprint density at radius 2 is 1.39 bits per heavy atom. The number of carbonyl (C=O) groups is 3. The summed E-state index contributed by atoms with van der Waals surface area (Å²) in [5.74, 6) is -1.17. The third kappa shape index (κ3) is 9.67. The van der Waals surface area contributed by atoms with Crippen molar-refractivity contribution in [2.45, 2.75) is 17.9 Å². The number of hydrogen-bond donors (Lipinski definition) is 1. The molecule has 4 aromatic rings. The molecule has 210 valence electrons. The summed E-state index contributed by atoms with van der Waals surface area (Å²) in [5, 5.41) is 3.56. The summed E-state index contributed by atoms with van der Waals surface area (Å²) in [7, 11) is 0. The number of anilines is 1. The van der Waals surface area contributed by atoms with E-state index in [0.717, 1.165) is 11.1 Å². The Kier molecular flexibility index (Phi) is 11.3. The highest BCUT2D eigenvalue weighted by molar-refractivity contribution is 8.00. The van der Waals surface area contributed by atoms with Crippen LogP contribution < -0.4 is 5.32 Å². The van der Waals surface area contributed by atoms with Gasteiger partial charge in [0.1, 0.15) is 0 Å². The number of rotatable bonds is 12. The zero-order valence-corrected chi connectivity index (χ0v) is 24.4. The number of ether oxygens (including phenoxy) is 1. The normalized spacial score (nSPS) is 10.6. The first-order valence-corrected chi connectivity index (χ1v) is 14.6. The average molecular weight is 608 g/mol. The van der Waals surface area contributed by atoms with Crippen LogP contribution in [0.2, 0.25) is 10.0 Å². The van der Waals surface area contributed by atoms with Gasteiger partial charge in [-0.2, -0.15) is 0 Å². The zero-order valence-electron chi connectivity index (χ0n) is 22.1. The van der Waals surface area contributed by atoms with Gasteiger partial charge in [-0.05, 0) is 47.9 Å². The van der Waals surface area contributed by atoms with Gasteiger partial charge in [0.15, 0.2) is 6.61 Å². The molecule has 2 amide bonds. The lowest BCUT2D eigenvalue weighted by Gasteiger charge is -2.23. The molecule has 0 aromatic heterocycles. The Bertz CT molecular complexity index is 1470. The quantitative estimate of drug-likeness (QED) is 0.137. The van der Waals surface area contributed by atoms with Crippen LogP contribution in [0.3, 0.4) is 0 Å². The maximum atomic E-state index is 13.2. The van der Waals surface area contributed by atoms with Crippen molar-refractivity contribution in [2.24, 2.45) is 0 Å². The van der Waals surface area contributed by atoms with Crippen LogP contribution >= 0.6 is 35.0 Å². The molecular weight excluding hydrogens is 579 g/mol. The lowest BCUT2D eigenvalue weighted by atomic mass is 10.1. The summed E-state index contributed by atoms with van der Waals surface area (Å²) in [4.78, 5) is 41.0. The molecule has 0 saturated heterocycles. The van der Waals surface area contributed by atoms with Gasteiger partial charge in [-0.25, -0.2) is 4.79 Å². The largest absolute Gasteiger partial charge is 0.452 e. The van der Waals surface area contributed by atoms with Crippen LogP contribution in [0.5, 0.6) is 0 Å². The highest BCUT2D eigenvalue weighted by Gasteiger charge is 2.19. The van der Waals surface area contributed by atoms with Crippen molar-refractivity contribution in [1.29, 1.82) is 0 Å². The first kappa shape index (κ1) is 30.2. The van der Waals surface area contributed by atoms with Gasteiger partial charge >= 0.3 is 5.97 Å². The molecule has 0 fully saturated rings. The van der Waals surface area contributed by atoms with Crippen molar-refractivity contribution in [3.63, 3.8) is 0 Å². The Morgan fingerprint density at radius 3 is 2.07 bits per heavy atom. The highest BCUT2D eigenvalue weighted by atomic mass is 35.5. The second kappa shape index (κ2) is 15.3. The fourth-order valence-electron chi connectivity index (χ4n) is 4.03. The number of benzene rings is 4. The molecule has 0 aliphatic heterocycles. The molecule has 9 heteroatoms. The molecule has 4 aromatic carbocycles. The SMILES string of the molecule is O=C(CSc1ccccc1C(=O)OCC(=O)N(CCc1ccccc1)Cc1ccccc1)Nc1cc(Cl)cc(Cl)c1. The molecule has 0 atom stereocenters. The number of halogens is 2. The zero-order chi connectivity index (χ0) is 29.0. The minimum Gasteiger partial charge on any atom is -0.452 e. The van der Waals surface area contributed by atoms with Crippen molar-refractivity contribution < 1.29 is 19.1 Å². The number of carbonyl (C=O) groups excluding carboxylic acids is 3. The third-order valence-corrected chi connectivity index (χ3v) is 7.53. The number of esters is 1. The molecule has 4 rings (SSSR count). The van der Waals surface area contributed by atoms with Crippen molar-refractivity contribution in [3.8, 4) is 0 Å². The molecule has 0 aliphatic carbocycles. The van der Waals surface area contributed by atoms with Crippen LogP contribution in [0.25, 0.3) is 0 Å². The van der Waals surface area contributed by atoms with Crippen LogP contribution in [0.4, 0.5) is 5.69 Å². The first-order chi connectivity index (χ1) is 19.9. The molecule has 41 heavy (non-hydrogen) atoms. The van der Waals surface area contributed by atoms with Crippen molar-refractivity contribution >= 4 is 58.4 Å². The summed E-state index contributed by atoms with van der Waals surface area (Å²) < 4.78 is 5.46. The van der Waals surface area contributed by atoms with Gasteiger partial charge in [0.25, 0.3) is 5.91 Å². The fourth-order valence-corrected chi connectivity index (χ4v) is 5.39. The minimum absolute atomic E-state index is 0.0394. The fraction of sp³-hybridized carbons (Fsp3) is 0.156. The van der Waals surface area contributed by atoms with Crippen molar-refractivity contribution in [1.82, 2.24) is 4.90 Å². The smallest absolute Gasteiger partial charge is 0.339 e. The van der Waals surface area contributed by atoms with Gasteiger partial charge in [-0.15, -0.1) is 11.8 Å². The van der Waals surface area contributed by atoms with E-state index >= 15 is 0 Å². The van der Waals surface area contributed by atoms with Crippen LogP contribution in [-0.4, -0.2) is 41.6 Å². The lowest BCUT2D eigenvalue weighted by molar-refractivity contribution is -0.135. The van der Waals surface area contributed by atoms with Crippen LogP contribution in [0.1, 0.15) is 21.5 Å². The maximum absolute atomic E-state index is 13.2. The Morgan fingerprint density at radius 1 is 0.780 bits per heavy atom. The lowest BCUT2D eigenvalue weighted by Crippen LogP contribution is -2.36. The molecule has 1 N–H and O–H groups in total. The summed E-state index contributed by atoms with van der Waals surface area (Å²) in [6, 6.07) is 31.2. The van der Waals surface area contributed by atoms with E-state index in [-0.39, 0.29) is 23.1 Å². The van der Waals surface area contributed by atoms with Crippen LogP contribution in [-0.2, 0) is 27.3 Å². The predicted octanol–water partition coefficient (Wildman–Crippen LogP) is 7.15. The molecule has 0 spiro atoms. The van der Waals surface area contributed by atoms with Gasteiger partial charge in [-0.3, -0.25) is 9.59 Å². The minimum atomic E-state index is -0.633. The Balaban J connectivity index is 1.35. The van der Waals surface area contributed by atoms with E-state index in [2.05, 4.69) is 5.32 Å². The summed E-state index contributed by atoms with van der Waals surface area (Å²) in [6.45, 7) is 0.494. The molecule has 0 saturated carbocycles. The molecule has 0 unspecified atom stereocenters. The standard InChI is InChI=1S/C32H28Cl2N2O4S/c33-25-17-26(34)19-27(18-25)35-30(37)22-41-29-14-8-7-13-28(29)32(39)40-21-31(38)36(20-24-11-5-2-6-12-24)16-15-23-9-3-1-4-10-23/h1-14,17-19H,15-16,20-22H2,(H,35,37). The topological polar surface area (TPSA) is 75.7 Å². The summed E-state index contributed by atoms with van der Waals surface area (Å²) in [5.41, 5.74) is 2.86. The van der Waals surface area contributed by atoms with Crippen LogP contribution in [0, 0.1) is 0 Å². The summed E-state index contributed by atoms with van der Waals surface area (Å²) in [6.07, 6.45) is 0.677. The highest BCUT2D eigenvalue weighted by Crippen LogP contribution is 2.25. The van der Waals surface area contributed by atoms with E-state index in [0.29, 0.717) is 40.1 Å². The van der Waals surface area contributed by atoms with E-state index in [1.807, 2.05) is 60.7 Å². The van der Waals surface area contributed by atoms with E-state index in [4.69, 9.17) is 27.9 Å². The predicted molar refractivity (Wildman–Crippen MR) is 165 cm³/mol. The second-order valence-corrected chi connectivity index (χ2v) is 11.0. The van der Waals surface area contributed by atoms with Crippen molar-refractivity contribution in [3.05, 3.63) is 130 Å².